The summed E-state index contributed by atoms with van der Waals surface area (Å²) in [4.78, 5) is 0. The first-order chi connectivity index (χ1) is 5.45. The summed E-state index contributed by atoms with van der Waals surface area (Å²) >= 11 is 0. The molecular formula is C6H15NO4S. The quantitative estimate of drug-likeness (QED) is 0.388. The van der Waals surface area contributed by atoms with Gasteiger partial charge in [0.05, 0.1) is 5.75 Å². The number of hydrogen-bond donors (Lipinski definition) is 3. The van der Waals surface area contributed by atoms with E-state index in [1.54, 1.807) is 0 Å². The summed E-state index contributed by atoms with van der Waals surface area (Å²) in [6.07, 6.45) is 1.78. The summed E-state index contributed by atoms with van der Waals surface area (Å²) in [6.45, 7) is 0.0819. The zero-order chi connectivity index (χ0) is 9.61. The van der Waals surface area contributed by atoms with E-state index < -0.39 is 21.9 Å². The molecule has 5 nitrogen and oxygen atoms in total. The zero-order valence-electron chi connectivity index (χ0n) is 6.81. The van der Waals surface area contributed by atoms with Gasteiger partial charge >= 0.3 is 0 Å². The lowest BCUT2D eigenvalue weighted by molar-refractivity contribution is 0.281. The van der Waals surface area contributed by atoms with Crippen LogP contribution in [0.25, 0.3) is 0 Å². The van der Waals surface area contributed by atoms with Gasteiger partial charge in [-0.2, -0.15) is 8.42 Å². The van der Waals surface area contributed by atoms with Crippen molar-refractivity contribution in [1.82, 2.24) is 0 Å². The van der Waals surface area contributed by atoms with E-state index in [1.165, 1.54) is 0 Å². The van der Waals surface area contributed by atoms with Crippen LogP contribution in [0, 0.1) is 0 Å². The van der Waals surface area contributed by atoms with Crippen LogP contribution < -0.4 is 5.73 Å². The van der Waals surface area contributed by atoms with Crippen LogP contribution in [0.15, 0.2) is 0 Å². The minimum atomic E-state index is -3.95. The van der Waals surface area contributed by atoms with E-state index in [1.807, 2.05) is 0 Å². The Kier molecular flexibility index (Phi) is 5.39. The summed E-state index contributed by atoms with van der Waals surface area (Å²) in [7, 11) is -3.95. The largest absolute Gasteiger partial charge is 0.396 e. The maximum absolute atomic E-state index is 10.3. The van der Waals surface area contributed by atoms with Crippen molar-refractivity contribution in [3.05, 3.63) is 0 Å². The minimum Gasteiger partial charge on any atom is -0.396 e. The van der Waals surface area contributed by atoms with Gasteiger partial charge in [-0.3, -0.25) is 4.55 Å². The summed E-state index contributed by atoms with van der Waals surface area (Å²) in [5, 5.41) is 8.40. The lowest BCUT2D eigenvalue weighted by atomic mass is 10.1. The van der Waals surface area contributed by atoms with Crippen molar-refractivity contribution in [3.63, 3.8) is 0 Å². The van der Waals surface area contributed by atoms with Crippen LogP contribution in [-0.4, -0.2) is 36.5 Å². The maximum atomic E-state index is 10.3. The molecule has 0 aromatic heterocycles. The number of aliphatic hydroxyl groups is 1. The van der Waals surface area contributed by atoms with Gasteiger partial charge in [0.2, 0.25) is 0 Å². The molecule has 0 aromatic rings. The molecule has 0 aliphatic carbocycles. The Labute approximate surface area is 72.3 Å². The van der Waals surface area contributed by atoms with Gasteiger partial charge in [-0.25, -0.2) is 0 Å². The van der Waals surface area contributed by atoms with Gasteiger partial charge in [0.15, 0.2) is 0 Å². The summed E-state index contributed by atoms with van der Waals surface area (Å²) in [5.74, 6) is -0.404. The third-order valence-corrected chi connectivity index (χ3v) is 2.26. The van der Waals surface area contributed by atoms with Crippen LogP contribution in [0.5, 0.6) is 0 Å². The molecule has 0 aromatic carbocycles. The zero-order valence-corrected chi connectivity index (χ0v) is 7.63. The summed E-state index contributed by atoms with van der Waals surface area (Å²) in [5.41, 5.74) is 5.38. The van der Waals surface area contributed by atoms with Crippen LogP contribution in [0.3, 0.4) is 0 Å². The molecule has 0 saturated carbocycles. The van der Waals surface area contributed by atoms with E-state index >= 15 is 0 Å². The number of aliphatic hydroxyl groups excluding tert-OH is 1. The van der Waals surface area contributed by atoms with Gasteiger partial charge in [-0.1, -0.05) is 0 Å². The first-order valence-electron chi connectivity index (χ1n) is 3.77. The molecule has 6 heteroatoms. The van der Waals surface area contributed by atoms with Crippen molar-refractivity contribution in [2.45, 2.75) is 25.3 Å². The third kappa shape index (κ3) is 7.93. The molecule has 0 aliphatic heterocycles. The Morgan fingerprint density at radius 3 is 2.33 bits per heavy atom. The molecule has 74 valence electrons. The first-order valence-corrected chi connectivity index (χ1v) is 5.38. The van der Waals surface area contributed by atoms with Gasteiger partial charge in [0, 0.05) is 12.6 Å². The second kappa shape index (κ2) is 5.47. The first kappa shape index (κ1) is 11.8. The van der Waals surface area contributed by atoms with E-state index in [9.17, 15) is 8.42 Å². The highest BCUT2D eigenvalue weighted by Crippen LogP contribution is 2.00. The van der Waals surface area contributed by atoms with Gasteiger partial charge in [0.25, 0.3) is 10.1 Å². The Morgan fingerprint density at radius 2 is 1.92 bits per heavy atom. The molecule has 0 rings (SSSR count). The highest BCUT2D eigenvalue weighted by atomic mass is 32.2. The molecule has 0 amide bonds. The molecule has 4 N–H and O–H groups in total. The maximum Gasteiger partial charge on any atom is 0.266 e. The SMILES string of the molecule is NC(CCCCO)CS(=O)(=O)O. The lowest BCUT2D eigenvalue weighted by Gasteiger charge is -2.07. The number of rotatable bonds is 6. The van der Waals surface area contributed by atoms with Crippen molar-refractivity contribution < 1.29 is 18.1 Å². The van der Waals surface area contributed by atoms with Gasteiger partial charge in [-0.05, 0) is 19.3 Å². The topological polar surface area (TPSA) is 101 Å². The third-order valence-electron chi connectivity index (χ3n) is 1.41. The molecule has 1 atom stereocenters. The van der Waals surface area contributed by atoms with E-state index in [-0.39, 0.29) is 6.61 Å². The fourth-order valence-corrected chi connectivity index (χ4v) is 1.58. The highest BCUT2D eigenvalue weighted by Gasteiger charge is 2.11. The summed E-state index contributed by atoms with van der Waals surface area (Å²) < 4.78 is 29.0. The molecular weight excluding hydrogens is 182 g/mol. The van der Waals surface area contributed by atoms with Crippen LogP contribution in [0.2, 0.25) is 0 Å². The van der Waals surface area contributed by atoms with E-state index in [4.69, 9.17) is 15.4 Å². The van der Waals surface area contributed by atoms with Gasteiger partial charge < -0.3 is 10.8 Å². The molecule has 0 spiro atoms. The number of unbranched alkanes of at least 4 members (excludes halogenated alkanes) is 1. The second-order valence-corrected chi connectivity index (χ2v) is 4.23. The van der Waals surface area contributed by atoms with Crippen molar-refractivity contribution >= 4 is 10.1 Å². The van der Waals surface area contributed by atoms with Crippen molar-refractivity contribution in [1.29, 1.82) is 0 Å². The Hall–Kier alpha value is -0.170. The Balaban J connectivity index is 3.53. The minimum absolute atomic E-state index is 0.0819. The average Bonchev–Trinajstić information content (AvgIpc) is 1.84. The van der Waals surface area contributed by atoms with Crippen LogP contribution >= 0.6 is 0 Å². The molecule has 0 bridgehead atoms. The summed E-state index contributed by atoms with van der Waals surface area (Å²) in [6, 6.07) is -0.536. The van der Waals surface area contributed by atoms with Crippen LogP contribution in [0.1, 0.15) is 19.3 Å². The molecule has 0 radical (unpaired) electrons. The lowest BCUT2D eigenvalue weighted by Crippen LogP contribution is -2.29. The molecule has 12 heavy (non-hydrogen) atoms. The van der Waals surface area contributed by atoms with Crippen molar-refractivity contribution in [2.24, 2.45) is 5.73 Å². The molecule has 1 unspecified atom stereocenters. The Morgan fingerprint density at radius 1 is 1.33 bits per heavy atom. The predicted molar refractivity (Wildman–Crippen MR) is 45.3 cm³/mol. The normalized spacial score (nSPS) is 14.6. The molecule has 0 saturated heterocycles. The fraction of sp³-hybridized carbons (Fsp3) is 1.00. The van der Waals surface area contributed by atoms with Crippen molar-refractivity contribution in [3.8, 4) is 0 Å². The van der Waals surface area contributed by atoms with E-state index in [0.717, 1.165) is 0 Å². The van der Waals surface area contributed by atoms with Gasteiger partial charge in [0.1, 0.15) is 0 Å². The highest BCUT2D eigenvalue weighted by molar-refractivity contribution is 7.85. The van der Waals surface area contributed by atoms with Crippen LogP contribution in [0.4, 0.5) is 0 Å². The standard InChI is InChI=1S/C6H15NO4S/c7-6(3-1-2-4-8)5-12(9,10)11/h6,8H,1-5,7H2,(H,9,10,11). The van der Waals surface area contributed by atoms with E-state index in [2.05, 4.69) is 0 Å². The van der Waals surface area contributed by atoms with Crippen LogP contribution in [-0.2, 0) is 10.1 Å². The number of hydrogen-bond acceptors (Lipinski definition) is 4. The average molecular weight is 197 g/mol. The smallest absolute Gasteiger partial charge is 0.266 e. The van der Waals surface area contributed by atoms with Crippen molar-refractivity contribution in [2.75, 3.05) is 12.4 Å². The second-order valence-electron chi connectivity index (χ2n) is 2.73. The van der Waals surface area contributed by atoms with Gasteiger partial charge in [-0.15, -0.1) is 0 Å². The predicted octanol–water partition coefficient (Wildman–Crippen LogP) is -0.636. The van der Waals surface area contributed by atoms with E-state index in [0.29, 0.717) is 19.3 Å². The Bertz CT molecular complexity index is 202. The number of nitrogens with two attached hydrogens (primary N) is 1. The molecule has 0 fully saturated rings. The molecule has 0 heterocycles. The monoisotopic (exact) mass is 197 g/mol. The molecule has 0 aliphatic rings. The fourth-order valence-electron chi connectivity index (χ4n) is 0.872.